The van der Waals surface area contributed by atoms with E-state index in [0.29, 0.717) is 5.16 Å². The van der Waals surface area contributed by atoms with Crippen LogP contribution in [0.2, 0.25) is 0 Å². The van der Waals surface area contributed by atoms with E-state index in [-0.39, 0.29) is 11.2 Å². The van der Waals surface area contributed by atoms with Crippen LogP contribution in [0.1, 0.15) is 18.1 Å². The van der Waals surface area contributed by atoms with Crippen LogP contribution in [0.25, 0.3) is 5.69 Å². The summed E-state index contributed by atoms with van der Waals surface area (Å²) in [6.45, 7) is 5.84. The van der Waals surface area contributed by atoms with Gasteiger partial charge in [0.25, 0.3) is 0 Å². The Morgan fingerprint density at radius 2 is 2.10 bits per heavy atom. The molecule has 20 heavy (non-hydrogen) atoms. The van der Waals surface area contributed by atoms with Crippen LogP contribution in [0.5, 0.6) is 0 Å². The quantitative estimate of drug-likeness (QED) is 0.633. The molecule has 0 N–H and O–H groups in total. The highest BCUT2D eigenvalue weighted by Crippen LogP contribution is 2.24. The molecule has 0 spiro atoms. The molecule has 1 unspecified atom stereocenters. The lowest BCUT2D eigenvalue weighted by atomic mass is 10.1. The Hall–Kier alpha value is -1.89. The molecular formula is C13H16N4O2S. The molecule has 106 valence electrons. The van der Waals surface area contributed by atoms with Gasteiger partial charge >= 0.3 is 5.97 Å². The Labute approximate surface area is 121 Å². The minimum atomic E-state index is -0.365. The maximum Gasteiger partial charge on any atom is 0.318 e. The zero-order valence-corrected chi connectivity index (χ0v) is 12.6. The Morgan fingerprint density at radius 3 is 2.75 bits per heavy atom. The van der Waals surface area contributed by atoms with Gasteiger partial charge in [-0.1, -0.05) is 17.8 Å². The maximum absolute atomic E-state index is 11.5. The van der Waals surface area contributed by atoms with Crippen molar-refractivity contribution in [3.8, 4) is 5.69 Å². The number of benzene rings is 1. The number of aromatic nitrogens is 4. The molecule has 0 amide bonds. The van der Waals surface area contributed by atoms with Gasteiger partial charge in [-0.05, 0) is 54.5 Å². The zero-order chi connectivity index (χ0) is 14.7. The molecule has 2 rings (SSSR count). The second kappa shape index (κ2) is 6.04. The SMILES string of the molecule is COC(=O)C(C)Sc1nnnn1-c1ccc(C)c(C)c1. The summed E-state index contributed by atoms with van der Waals surface area (Å²) in [5.74, 6) is -0.301. The molecule has 0 bridgehead atoms. The van der Waals surface area contributed by atoms with Crippen molar-refractivity contribution in [1.29, 1.82) is 0 Å². The van der Waals surface area contributed by atoms with Crippen molar-refractivity contribution < 1.29 is 9.53 Å². The van der Waals surface area contributed by atoms with E-state index in [2.05, 4.69) is 15.5 Å². The third kappa shape index (κ3) is 2.98. The van der Waals surface area contributed by atoms with Crippen molar-refractivity contribution in [2.45, 2.75) is 31.2 Å². The minimum absolute atomic E-state index is 0.301. The topological polar surface area (TPSA) is 69.9 Å². The van der Waals surface area contributed by atoms with Crippen LogP contribution >= 0.6 is 11.8 Å². The average molecular weight is 292 g/mol. The van der Waals surface area contributed by atoms with Gasteiger partial charge in [0, 0.05) is 0 Å². The first-order chi connectivity index (χ1) is 9.52. The molecule has 0 aliphatic rings. The van der Waals surface area contributed by atoms with E-state index in [1.165, 1.54) is 24.4 Å². The predicted molar refractivity (Wildman–Crippen MR) is 76.0 cm³/mol. The van der Waals surface area contributed by atoms with E-state index < -0.39 is 0 Å². The lowest BCUT2D eigenvalue weighted by molar-refractivity contribution is -0.139. The molecule has 1 aromatic heterocycles. The van der Waals surface area contributed by atoms with Crippen LogP contribution in [-0.2, 0) is 9.53 Å². The number of tetrazole rings is 1. The molecule has 1 aromatic carbocycles. The van der Waals surface area contributed by atoms with Gasteiger partial charge in [0.1, 0.15) is 5.25 Å². The molecule has 0 radical (unpaired) electrons. The van der Waals surface area contributed by atoms with Gasteiger partial charge in [0.2, 0.25) is 5.16 Å². The number of esters is 1. The van der Waals surface area contributed by atoms with E-state index in [9.17, 15) is 4.79 Å². The predicted octanol–water partition coefficient (Wildman–Crippen LogP) is 1.93. The number of nitrogens with zero attached hydrogens (tertiary/aromatic N) is 4. The summed E-state index contributed by atoms with van der Waals surface area (Å²) in [5.41, 5.74) is 3.24. The molecule has 0 aliphatic heterocycles. The monoisotopic (exact) mass is 292 g/mol. The highest BCUT2D eigenvalue weighted by Gasteiger charge is 2.19. The third-order valence-corrected chi connectivity index (χ3v) is 4.00. The van der Waals surface area contributed by atoms with Crippen LogP contribution in [0.3, 0.4) is 0 Å². The van der Waals surface area contributed by atoms with E-state index in [1.807, 2.05) is 32.0 Å². The number of hydrogen-bond acceptors (Lipinski definition) is 6. The van der Waals surface area contributed by atoms with E-state index >= 15 is 0 Å². The fraction of sp³-hybridized carbons (Fsp3) is 0.385. The van der Waals surface area contributed by atoms with Crippen molar-refractivity contribution in [2.24, 2.45) is 0 Å². The van der Waals surface area contributed by atoms with Gasteiger partial charge in [0.05, 0.1) is 12.8 Å². The molecule has 0 saturated heterocycles. The highest BCUT2D eigenvalue weighted by atomic mass is 32.2. The number of carbonyl (C=O) groups excluding carboxylic acids is 1. The summed E-state index contributed by atoms with van der Waals surface area (Å²) in [6.07, 6.45) is 0. The molecular weight excluding hydrogens is 276 g/mol. The summed E-state index contributed by atoms with van der Waals surface area (Å²) in [6, 6.07) is 5.98. The van der Waals surface area contributed by atoms with E-state index in [1.54, 1.807) is 11.6 Å². The van der Waals surface area contributed by atoms with Crippen LogP contribution in [-0.4, -0.2) is 38.5 Å². The summed E-state index contributed by atoms with van der Waals surface area (Å²) >= 11 is 1.27. The van der Waals surface area contributed by atoms with Gasteiger partial charge in [-0.25, -0.2) is 0 Å². The van der Waals surface area contributed by atoms with Crippen LogP contribution in [0.4, 0.5) is 0 Å². The van der Waals surface area contributed by atoms with Crippen LogP contribution < -0.4 is 0 Å². The summed E-state index contributed by atoms with van der Waals surface area (Å²) in [4.78, 5) is 11.5. The Bertz CT molecular complexity index is 627. The third-order valence-electron chi connectivity index (χ3n) is 2.99. The molecule has 0 fully saturated rings. The largest absolute Gasteiger partial charge is 0.468 e. The average Bonchev–Trinajstić information content (AvgIpc) is 2.89. The number of hydrogen-bond donors (Lipinski definition) is 0. The molecule has 1 heterocycles. The summed E-state index contributed by atoms with van der Waals surface area (Å²) in [7, 11) is 1.37. The number of methoxy groups -OCH3 is 1. The number of aryl methyl sites for hydroxylation is 2. The van der Waals surface area contributed by atoms with Crippen LogP contribution in [0, 0.1) is 13.8 Å². The first-order valence-corrected chi connectivity index (χ1v) is 7.01. The second-order valence-electron chi connectivity index (χ2n) is 4.43. The Balaban J connectivity index is 2.28. The number of ether oxygens (including phenoxy) is 1. The number of rotatable bonds is 4. The van der Waals surface area contributed by atoms with Gasteiger partial charge < -0.3 is 4.74 Å². The normalized spacial score (nSPS) is 12.2. The van der Waals surface area contributed by atoms with Gasteiger partial charge in [-0.3, -0.25) is 4.79 Å². The molecule has 2 aromatic rings. The highest BCUT2D eigenvalue weighted by molar-refractivity contribution is 8.00. The van der Waals surface area contributed by atoms with Gasteiger partial charge in [-0.2, -0.15) is 4.68 Å². The minimum Gasteiger partial charge on any atom is -0.468 e. The number of thioether (sulfide) groups is 1. The standard InChI is InChI=1S/C13H16N4O2S/c1-8-5-6-11(7-9(8)2)17-13(14-15-16-17)20-10(3)12(18)19-4/h5-7,10H,1-4H3. The lowest BCUT2D eigenvalue weighted by Crippen LogP contribution is -2.15. The molecule has 0 saturated carbocycles. The number of carbonyl (C=O) groups is 1. The fourth-order valence-electron chi connectivity index (χ4n) is 1.64. The lowest BCUT2D eigenvalue weighted by Gasteiger charge is -2.09. The Kier molecular flexibility index (Phi) is 4.39. The molecule has 0 aliphatic carbocycles. The summed E-state index contributed by atoms with van der Waals surface area (Å²) < 4.78 is 6.33. The van der Waals surface area contributed by atoms with Gasteiger partial charge in [-0.15, -0.1) is 5.10 Å². The first kappa shape index (κ1) is 14.5. The molecule has 7 heteroatoms. The smallest absolute Gasteiger partial charge is 0.318 e. The van der Waals surface area contributed by atoms with E-state index in [4.69, 9.17) is 4.74 Å². The fourth-order valence-corrected chi connectivity index (χ4v) is 2.48. The molecule has 6 nitrogen and oxygen atoms in total. The second-order valence-corrected chi connectivity index (χ2v) is 5.73. The zero-order valence-electron chi connectivity index (χ0n) is 11.8. The maximum atomic E-state index is 11.5. The summed E-state index contributed by atoms with van der Waals surface area (Å²) in [5, 5.41) is 11.8. The van der Waals surface area contributed by atoms with Crippen molar-refractivity contribution in [2.75, 3.05) is 7.11 Å². The van der Waals surface area contributed by atoms with Gasteiger partial charge in [0.15, 0.2) is 0 Å². The molecule has 1 atom stereocenters. The first-order valence-electron chi connectivity index (χ1n) is 6.13. The van der Waals surface area contributed by atoms with Crippen molar-refractivity contribution >= 4 is 17.7 Å². The van der Waals surface area contributed by atoms with Crippen LogP contribution in [0.15, 0.2) is 23.4 Å². The van der Waals surface area contributed by atoms with Crippen molar-refractivity contribution in [3.63, 3.8) is 0 Å². The van der Waals surface area contributed by atoms with E-state index in [0.717, 1.165) is 11.3 Å². The van der Waals surface area contributed by atoms with Crippen molar-refractivity contribution in [1.82, 2.24) is 20.2 Å². The Morgan fingerprint density at radius 1 is 1.35 bits per heavy atom. The van der Waals surface area contributed by atoms with Crippen molar-refractivity contribution in [3.05, 3.63) is 29.3 Å².